The Morgan fingerprint density at radius 1 is 1.55 bits per heavy atom. The fraction of sp³-hybridized carbons (Fsp3) is 0.333. The van der Waals surface area contributed by atoms with Crippen LogP contribution in [0.25, 0.3) is 0 Å². The lowest BCUT2D eigenvalue weighted by Crippen LogP contribution is -2.29. The molecule has 0 aromatic heterocycles. The van der Waals surface area contributed by atoms with Gasteiger partial charge in [-0.2, -0.15) is 0 Å². The van der Waals surface area contributed by atoms with E-state index in [1.807, 2.05) is 0 Å². The Labute approximate surface area is 65.2 Å². The van der Waals surface area contributed by atoms with Gasteiger partial charge in [-0.3, -0.25) is 10.2 Å². The number of likely N-dealkylation sites (N-methyl/N-ethyl adjacent to an activating group) is 1. The Kier molecular flexibility index (Phi) is 3.72. The lowest BCUT2D eigenvalue weighted by Gasteiger charge is -2.02. The van der Waals surface area contributed by atoms with Crippen LogP contribution in [0.15, 0.2) is 11.8 Å². The zero-order valence-corrected chi connectivity index (χ0v) is 6.56. The summed E-state index contributed by atoms with van der Waals surface area (Å²) in [4.78, 5) is 10.9. The van der Waals surface area contributed by atoms with Crippen LogP contribution in [0.2, 0.25) is 0 Å². The van der Waals surface area contributed by atoms with Crippen molar-refractivity contribution in [3.8, 4) is 0 Å². The largest absolute Gasteiger partial charge is 0.393 e. The fourth-order valence-electron chi connectivity index (χ4n) is 0.545. The summed E-state index contributed by atoms with van der Waals surface area (Å²) in [5, 5.41) is 12.0. The summed E-state index contributed by atoms with van der Waals surface area (Å²) >= 11 is 0. The van der Waals surface area contributed by atoms with Gasteiger partial charge in [0.05, 0.1) is 5.57 Å². The molecule has 0 rings (SSSR count). The van der Waals surface area contributed by atoms with E-state index >= 15 is 0 Å². The van der Waals surface area contributed by atoms with Crippen LogP contribution in [-0.2, 0) is 4.79 Å². The van der Waals surface area contributed by atoms with Gasteiger partial charge >= 0.3 is 0 Å². The molecule has 5 N–H and O–H groups in total. The SMILES string of the molecule is CN/C=C(\C(=N)N)C(=O)NC. The maximum atomic E-state index is 10.9. The molecule has 0 atom stereocenters. The second kappa shape index (κ2) is 4.32. The molecule has 0 spiro atoms. The molecule has 0 aromatic rings. The van der Waals surface area contributed by atoms with Gasteiger partial charge in [-0.1, -0.05) is 0 Å². The maximum absolute atomic E-state index is 10.9. The van der Waals surface area contributed by atoms with Crippen molar-refractivity contribution in [3.63, 3.8) is 0 Å². The molecule has 0 saturated heterocycles. The van der Waals surface area contributed by atoms with E-state index in [1.54, 1.807) is 7.05 Å². The van der Waals surface area contributed by atoms with Crippen LogP contribution >= 0.6 is 0 Å². The summed E-state index contributed by atoms with van der Waals surface area (Å²) in [6.07, 6.45) is 1.38. The number of hydrogen-bond acceptors (Lipinski definition) is 3. The van der Waals surface area contributed by atoms with Crippen molar-refractivity contribution in [1.29, 1.82) is 5.41 Å². The van der Waals surface area contributed by atoms with Gasteiger partial charge in [0.25, 0.3) is 5.91 Å². The number of amidine groups is 1. The molecule has 62 valence electrons. The minimum absolute atomic E-state index is 0.134. The van der Waals surface area contributed by atoms with E-state index in [1.165, 1.54) is 13.2 Å². The summed E-state index contributed by atoms with van der Waals surface area (Å²) in [6.45, 7) is 0. The highest BCUT2D eigenvalue weighted by molar-refractivity contribution is 6.18. The Balaban J connectivity index is 4.48. The summed E-state index contributed by atoms with van der Waals surface area (Å²) in [5.74, 6) is -0.620. The molecule has 0 fully saturated rings. The maximum Gasteiger partial charge on any atom is 0.256 e. The molecule has 1 amide bonds. The van der Waals surface area contributed by atoms with E-state index < -0.39 is 0 Å². The predicted octanol–water partition coefficient (Wildman–Crippen LogP) is -1.23. The fourth-order valence-corrected chi connectivity index (χ4v) is 0.545. The second-order valence-corrected chi connectivity index (χ2v) is 1.84. The van der Waals surface area contributed by atoms with E-state index in [9.17, 15) is 4.79 Å². The van der Waals surface area contributed by atoms with Gasteiger partial charge in [0.2, 0.25) is 0 Å². The molecule has 0 aliphatic heterocycles. The number of nitrogens with two attached hydrogens (primary N) is 1. The van der Waals surface area contributed by atoms with Gasteiger partial charge < -0.3 is 16.4 Å². The topological polar surface area (TPSA) is 91.0 Å². The second-order valence-electron chi connectivity index (χ2n) is 1.84. The van der Waals surface area contributed by atoms with Crippen LogP contribution in [0.3, 0.4) is 0 Å². The normalized spacial score (nSPS) is 10.5. The zero-order chi connectivity index (χ0) is 8.85. The third-order valence-electron chi connectivity index (χ3n) is 1.05. The molecule has 0 aromatic carbocycles. The number of carbonyl (C=O) groups excluding carboxylic acids is 1. The minimum Gasteiger partial charge on any atom is -0.393 e. The molecular weight excluding hydrogens is 144 g/mol. The number of amides is 1. The smallest absolute Gasteiger partial charge is 0.256 e. The van der Waals surface area contributed by atoms with E-state index in [0.29, 0.717) is 0 Å². The van der Waals surface area contributed by atoms with Gasteiger partial charge in [-0.25, -0.2) is 0 Å². The quantitative estimate of drug-likeness (QED) is 0.234. The third-order valence-corrected chi connectivity index (χ3v) is 1.05. The molecule has 0 aliphatic carbocycles. The van der Waals surface area contributed by atoms with Crippen LogP contribution in [0.4, 0.5) is 0 Å². The van der Waals surface area contributed by atoms with Crippen LogP contribution in [0.1, 0.15) is 0 Å². The Morgan fingerprint density at radius 2 is 2.09 bits per heavy atom. The average molecular weight is 156 g/mol. The summed E-state index contributed by atoms with van der Waals surface area (Å²) in [7, 11) is 3.11. The van der Waals surface area contributed by atoms with Crippen LogP contribution in [0.5, 0.6) is 0 Å². The molecular formula is C6H12N4O. The Bertz CT molecular complexity index is 197. The molecule has 0 aliphatic rings. The first-order valence-corrected chi connectivity index (χ1v) is 3.07. The van der Waals surface area contributed by atoms with Crippen molar-refractivity contribution in [3.05, 3.63) is 11.8 Å². The van der Waals surface area contributed by atoms with Crippen LogP contribution < -0.4 is 16.4 Å². The van der Waals surface area contributed by atoms with Gasteiger partial charge in [-0.05, 0) is 0 Å². The average Bonchev–Trinajstić information content (AvgIpc) is 1.98. The molecule has 0 unspecified atom stereocenters. The highest BCUT2D eigenvalue weighted by atomic mass is 16.1. The first kappa shape index (κ1) is 9.48. The molecule has 0 heterocycles. The van der Waals surface area contributed by atoms with Crippen molar-refractivity contribution in [1.82, 2.24) is 10.6 Å². The number of rotatable bonds is 3. The monoisotopic (exact) mass is 156 g/mol. The minimum atomic E-state index is -0.369. The van der Waals surface area contributed by atoms with Crippen molar-refractivity contribution >= 4 is 11.7 Å². The van der Waals surface area contributed by atoms with E-state index in [0.717, 1.165) is 0 Å². The first-order chi connectivity index (χ1) is 5.13. The molecule has 11 heavy (non-hydrogen) atoms. The van der Waals surface area contributed by atoms with Gasteiger partial charge in [0.15, 0.2) is 0 Å². The van der Waals surface area contributed by atoms with E-state index in [-0.39, 0.29) is 17.3 Å². The molecule has 0 radical (unpaired) electrons. The summed E-state index contributed by atoms with van der Waals surface area (Å²) in [6, 6.07) is 0. The molecule has 0 bridgehead atoms. The zero-order valence-electron chi connectivity index (χ0n) is 6.56. The lowest BCUT2D eigenvalue weighted by atomic mass is 10.2. The van der Waals surface area contributed by atoms with E-state index in [2.05, 4.69) is 10.6 Å². The van der Waals surface area contributed by atoms with Crippen molar-refractivity contribution in [2.24, 2.45) is 5.73 Å². The van der Waals surface area contributed by atoms with Crippen molar-refractivity contribution in [2.75, 3.05) is 14.1 Å². The first-order valence-electron chi connectivity index (χ1n) is 3.07. The van der Waals surface area contributed by atoms with Gasteiger partial charge in [-0.15, -0.1) is 0 Å². The number of carbonyl (C=O) groups is 1. The number of hydrogen-bond donors (Lipinski definition) is 4. The Hall–Kier alpha value is -1.52. The molecule has 5 heteroatoms. The lowest BCUT2D eigenvalue weighted by molar-refractivity contribution is -0.116. The summed E-state index contributed by atoms with van der Waals surface area (Å²) < 4.78 is 0. The molecule has 5 nitrogen and oxygen atoms in total. The van der Waals surface area contributed by atoms with Crippen molar-refractivity contribution < 1.29 is 4.79 Å². The van der Waals surface area contributed by atoms with Gasteiger partial charge in [0, 0.05) is 20.3 Å². The highest BCUT2D eigenvalue weighted by Gasteiger charge is 2.08. The highest BCUT2D eigenvalue weighted by Crippen LogP contribution is 1.89. The van der Waals surface area contributed by atoms with Crippen LogP contribution in [-0.4, -0.2) is 25.8 Å². The van der Waals surface area contributed by atoms with Gasteiger partial charge in [0.1, 0.15) is 5.84 Å². The Morgan fingerprint density at radius 3 is 2.36 bits per heavy atom. The third kappa shape index (κ3) is 2.70. The predicted molar refractivity (Wildman–Crippen MR) is 43.1 cm³/mol. The molecule has 0 saturated carbocycles. The van der Waals surface area contributed by atoms with E-state index in [4.69, 9.17) is 11.1 Å². The van der Waals surface area contributed by atoms with Crippen molar-refractivity contribution in [2.45, 2.75) is 0 Å². The van der Waals surface area contributed by atoms with Crippen LogP contribution in [0, 0.1) is 5.41 Å². The summed E-state index contributed by atoms with van der Waals surface area (Å²) in [5.41, 5.74) is 5.25. The number of nitrogens with one attached hydrogen (secondary N) is 3. The standard InChI is InChI=1S/C6H12N4O/c1-9-3-4(5(7)8)6(11)10-2/h3,9H,1-2H3,(H3,7,8)(H,10,11)/b4-3+.